The van der Waals surface area contributed by atoms with Gasteiger partial charge in [-0.25, -0.2) is 0 Å². The monoisotopic (exact) mass is 342 g/mol. The van der Waals surface area contributed by atoms with E-state index in [1.807, 2.05) is 0 Å². The zero-order valence-corrected chi connectivity index (χ0v) is 10.6. The van der Waals surface area contributed by atoms with Gasteiger partial charge in [0.15, 0.2) is 0 Å². The second-order valence-corrected chi connectivity index (χ2v) is 0.854. The van der Waals surface area contributed by atoms with E-state index in [1.54, 1.807) is 0 Å². The van der Waals surface area contributed by atoms with Crippen molar-refractivity contribution >= 4 is 0 Å². The van der Waals surface area contributed by atoms with Crippen LogP contribution in [0, 0.1) is 6.92 Å². The van der Waals surface area contributed by atoms with Gasteiger partial charge in [-0.3, -0.25) is 0 Å². The Morgan fingerprint density at radius 2 is 1.25 bits per heavy atom. The van der Waals surface area contributed by atoms with Gasteiger partial charge >= 0.3 is 25.8 Å². The van der Waals surface area contributed by atoms with Crippen molar-refractivity contribution in [2.24, 2.45) is 0 Å². The van der Waals surface area contributed by atoms with Crippen LogP contribution < -0.4 is 37.2 Å². The van der Waals surface area contributed by atoms with Crippen LogP contribution >= 0.6 is 0 Å². The zero-order chi connectivity index (χ0) is 3.41. The molecule has 0 atom stereocenters. The Hall–Kier alpha value is 1.74. The van der Waals surface area contributed by atoms with E-state index in [1.165, 1.54) is 6.42 Å². The summed E-state index contributed by atoms with van der Waals surface area (Å²) in [4.78, 5) is 0. The second-order valence-electron chi connectivity index (χ2n) is 0.854. The normalized spacial score (nSPS) is 3.75. The minimum absolute atomic E-state index is 0. The van der Waals surface area contributed by atoms with Gasteiger partial charge in [-0.15, -0.1) is 0 Å². The van der Waals surface area contributed by atoms with Gasteiger partial charge in [0.2, 0.25) is 0 Å². The molecule has 0 saturated heterocycles. The molecule has 0 aliphatic heterocycles. The largest absolute Gasteiger partial charge is 4.00 e. The summed E-state index contributed by atoms with van der Waals surface area (Å²) in [5.74, 6) is 0. The van der Waals surface area contributed by atoms with Crippen LogP contribution in [-0.4, -0.2) is 0 Å². The third-order valence-electron chi connectivity index (χ3n) is 0.354. The summed E-state index contributed by atoms with van der Waals surface area (Å²) < 4.78 is 0. The average Bonchev–Trinajstić information content (AvgIpc) is 1.37. The maximum atomic E-state index is 3.60. The molecule has 0 amide bonds. The van der Waals surface area contributed by atoms with E-state index in [2.05, 4.69) is 13.8 Å². The molecule has 0 radical (unpaired) electrons. The van der Waals surface area contributed by atoms with Crippen LogP contribution in [0.25, 0.3) is 0 Å². The molecule has 8 heavy (non-hydrogen) atoms. The number of unbranched alkanes of at least 4 members (excludes halogenated alkanes) is 1. The second kappa shape index (κ2) is 37.4. The van der Waals surface area contributed by atoms with Gasteiger partial charge in [-0.2, -0.15) is 6.42 Å². The molecule has 0 nitrogen and oxygen atoms in total. The van der Waals surface area contributed by atoms with Gasteiger partial charge in [0.25, 0.3) is 0 Å². The maximum Gasteiger partial charge on any atom is 4.00 e. The van der Waals surface area contributed by atoms with Crippen LogP contribution in [0.2, 0.25) is 0 Å². The summed E-state index contributed by atoms with van der Waals surface area (Å²) in [6, 6.07) is 0. The third kappa shape index (κ3) is 46.8. The van der Waals surface area contributed by atoms with Crippen molar-refractivity contribution in [3.63, 3.8) is 0 Å². The molecule has 0 fully saturated rings. The Morgan fingerprint density at radius 3 is 1.25 bits per heavy atom. The summed E-state index contributed by atoms with van der Waals surface area (Å²) in [6.07, 6.45) is 2.28. The van der Waals surface area contributed by atoms with Crippen LogP contribution in [0.15, 0.2) is 0 Å². The first-order valence-corrected chi connectivity index (χ1v) is 1.71. The third-order valence-corrected chi connectivity index (χ3v) is 0.354. The standard InChI is InChI=1S/C4H9.3ClH.Hf/c1-3-4-2;;;;/h1,3-4H2,2H3;3*1H;/q-1;;;;+4/p-3. The Balaban J connectivity index is -0.00000000750. The molecule has 0 aromatic heterocycles. The van der Waals surface area contributed by atoms with E-state index >= 15 is 0 Å². The number of hydrogen-bond donors (Lipinski definition) is 0. The first kappa shape index (κ1) is 33.1. The molecule has 50 valence electrons. The van der Waals surface area contributed by atoms with Gasteiger partial charge in [0.05, 0.1) is 0 Å². The molecule has 0 aliphatic rings. The van der Waals surface area contributed by atoms with E-state index in [0.717, 1.165) is 6.42 Å². The van der Waals surface area contributed by atoms with Crippen molar-refractivity contribution in [3.05, 3.63) is 6.92 Å². The SMILES string of the molecule is [CH2-]CCC.[Cl-].[Cl-].[Cl-].[Hf+4]. The van der Waals surface area contributed by atoms with Crippen molar-refractivity contribution in [1.29, 1.82) is 0 Å². The van der Waals surface area contributed by atoms with Crippen molar-refractivity contribution in [2.75, 3.05) is 0 Å². The average molecular weight is 342 g/mol. The van der Waals surface area contributed by atoms with Crippen LogP contribution in [0.4, 0.5) is 0 Å². The molecule has 0 N–H and O–H groups in total. The number of halogens is 3. The molecule has 0 aromatic rings. The number of rotatable bonds is 1. The van der Waals surface area contributed by atoms with Gasteiger partial charge in [0.1, 0.15) is 0 Å². The molecule has 0 unspecified atom stereocenters. The number of hydrogen-bond acceptors (Lipinski definition) is 0. The Labute approximate surface area is 89.2 Å². The van der Waals surface area contributed by atoms with Crippen LogP contribution in [0.3, 0.4) is 0 Å². The van der Waals surface area contributed by atoms with Crippen LogP contribution in [0.5, 0.6) is 0 Å². The summed E-state index contributed by atoms with van der Waals surface area (Å²) in [7, 11) is 0. The van der Waals surface area contributed by atoms with Crippen molar-refractivity contribution in [3.8, 4) is 0 Å². The Kier molecular flexibility index (Phi) is 155. The molecule has 0 spiro atoms. The summed E-state index contributed by atoms with van der Waals surface area (Å²) in [5.41, 5.74) is 0. The van der Waals surface area contributed by atoms with Crippen molar-refractivity contribution in [1.82, 2.24) is 0 Å². The van der Waals surface area contributed by atoms with Crippen molar-refractivity contribution < 1.29 is 63.1 Å². The van der Waals surface area contributed by atoms with E-state index < -0.39 is 0 Å². The Morgan fingerprint density at radius 1 is 1.12 bits per heavy atom. The topological polar surface area (TPSA) is 0 Å². The minimum Gasteiger partial charge on any atom is -1.00 e. The van der Waals surface area contributed by atoms with Crippen LogP contribution in [-0.2, 0) is 25.8 Å². The first-order chi connectivity index (χ1) is 1.91. The van der Waals surface area contributed by atoms with E-state index in [0.29, 0.717) is 0 Å². The Bertz CT molecular complexity index is 13.2. The smallest absolute Gasteiger partial charge is 1.00 e. The van der Waals surface area contributed by atoms with E-state index in [9.17, 15) is 0 Å². The van der Waals surface area contributed by atoms with Gasteiger partial charge in [-0.05, 0) is 0 Å². The molecule has 4 heteroatoms. The zero-order valence-electron chi connectivity index (χ0n) is 4.76. The quantitative estimate of drug-likeness (QED) is 0.328. The molecule has 0 rings (SSSR count). The van der Waals surface area contributed by atoms with E-state index in [4.69, 9.17) is 0 Å². The summed E-state index contributed by atoms with van der Waals surface area (Å²) >= 11 is 0. The summed E-state index contributed by atoms with van der Waals surface area (Å²) in [6.45, 7) is 5.72. The molecular weight excluding hydrogens is 333 g/mol. The fourth-order valence-electron chi connectivity index (χ4n) is 0. The molecule has 0 aromatic carbocycles. The fourth-order valence-corrected chi connectivity index (χ4v) is 0. The maximum absolute atomic E-state index is 3.60. The molecular formula is C4H9Cl3Hf. The predicted octanol–water partition coefficient (Wildman–Crippen LogP) is -7.37. The van der Waals surface area contributed by atoms with E-state index in [-0.39, 0.29) is 63.1 Å². The molecule has 0 heterocycles. The van der Waals surface area contributed by atoms with Gasteiger partial charge < -0.3 is 44.1 Å². The van der Waals surface area contributed by atoms with Crippen LogP contribution in [0.1, 0.15) is 19.8 Å². The first-order valence-electron chi connectivity index (χ1n) is 1.71. The molecule has 0 aliphatic carbocycles. The van der Waals surface area contributed by atoms with Gasteiger partial charge in [0, 0.05) is 0 Å². The predicted molar refractivity (Wildman–Crippen MR) is 20.3 cm³/mol. The van der Waals surface area contributed by atoms with Crippen molar-refractivity contribution in [2.45, 2.75) is 19.8 Å². The summed E-state index contributed by atoms with van der Waals surface area (Å²) in [5, 5.41) is 0. The van der Waals surface area contributed by atoms with Gasteiger partial charge in [-0.1, -0.05) is 13.3 Å². The molecule has 0 saturated carbocycles. The fraction of sp³-hybridized carbons (Fsp3) is 0.750. The minimum atomic E-state index is 0. The molecule has 0 bridgehead atoms.